The zero-order valence-corrected chi connectivity index (χ0v) is 15.9. The Morgan fingerprint density at radius 3 is 2.70 bits per heavy atom. The Hall–Kier alpha value is -2.50. The average molecular weight is 404 g/mol. The van der Waals surface area contributed by atoms with Crippen LogP contribution in [0.4, 0.5) is 0 Å². The molecule has 0 N–H and O–H groups in total. The van der Waals surface area contributed by atoms with E-state index in [1.807, 2.05) is 24.3 Å². The predicted molar refractivity (Wildman–Crippen MR) is 103 cm³/mol. The molecule has 5 nitrogen and oxygen atoms in total. The lowest BCUT2D eigenvalue weighted by molar-refractivity contribution is -0.125. The van der Waals surface area contributed by atoms with E-state index in [1.54, 1.807) is 19.2 Å². The minimum absolute atomic E-state index is 0.192. The zero-order valence-electron chi connectivity index (χ0n) is 14.4. The van der Waals surface area contributed by atoms with Crippen molar-refractivity contribution in [3.05, 3.63) is 63.8 Å². The fourth-order valence-electron chi connectivity index (χ4n) is 3.25. The molecule has 0 spiro atoms. The third-order valence-corrected chi connectivity index (χ3v) is 5.42. The van der Waals surface area contributed by atoms with Gasteiger partial charge in [0.05, 0.1) is 17.2 Å². The van der Waals surface area contributed by atoms with E-state index in [2.05, 4.69) is 0 Å². The second-order valence-electron chi connectivity index (χ2n) is 6.39. The number of ether oxygens (including phenoxy) is 1. The third kappa shape index (κ3) is 3.29. The normalized spacial score (nSPS) is 16.9. The number of benzene rings is 2. The summed E-state index contributed by atoms with van der Waals surface area (Å²) in [6.07, 6.45) is 0.212. The van der Waals surface area contributed by atoms with Crippen molar-refractivity contribution >= 4 is 46.0 Å². The van der Waals surface area contributed by atoms with Crippen molar-refractivity contribution in [3.63, 3.8) is 0 Å². The number of halogens is 2. The highest BCUT2D eigenvalue weighted by atomic mass is 35.5. The highest BCUT2D eigenvalue weighted by molar-refractivity contribution is 6.42. The van der Waals surface area contributed by atoms with Crippen LogP contribution in [0.3, 0.4) is 0 Å². The summed E-state index contributed by atoms with van der Waals surface area (Å²) >= 11 is 11.9. The van der Waals surface area contributed by atoms with Crippen LogP contribution in [-0.2, 0) is 4.79 Å². The molecule has 0 radical (unpaired) electrons. The Kier molecular flexibility index (Phi) is 4.58. The molecule has 2 aromatic carbocycles. The molecule has 1 aliphatic heterocycles. The van der Waals surface area contributed by atoms with E-state index >= 15 is 0 Å². The van der Waals surface area contributed by atoms with Crippen LogP contribution in [0.25, 0.3) is 11.0 Å². The van der Waals surface area contributed by atoms with Gasteiger partial charge in [-0.1, -0.05) is 23.2 Å². The molecule has 2 amide bonds. The van der Waals surface area contributed by atoms with Gasteiger partial charge in [0.1, 0.15) is 17.1 Å². The lowest BCUT2D eigenvalue weighted by Gasteiger charge is -2.14. The molecule has 1 atom stereocenters. The Morgan fingerprint density at radius 1 is 1.15 bits per heavy atom. The smallest absolute Gasteiger partial charge is 0.260 e. The second-order valence-corrected chi connectivity index (χ2v) is 7.21. The minimum atomic E-state index is -0.390. The number of carbonyl (C=O) groups excluding carboxylic acids is 2. The molecule has 1 saturated heterocycles. The van der Waals surface area contributed by atoms with Gasteiger partial charge in [-0.15, -0.1) is 0 Å². The van der Waals surface area contributed by atoms with Crippen LogP contribution in [-0.4, -0.2) is 30.4 Å². The number of hydrogen-bond donors (Lipinski definition) is 0. The predicted octanol–water partition coefficient (Wildman–Crippen LogP) is 4.90. The number of likely N-dealkylation sites (tertiary alicyclic amines) is 1. The molecule has 27 heavy (non-hydrogen) atoms. The van der Waals surface area contributed by atoms with Crippen LogP contribution in [0.1, 0.15) is 28.5 Å². The molecule has 3 aromatic rings. The highest BCUT2D eigenvalue weighted by Gasteiger charge is 2.37. The summed E-state index contributed by atoms with van der Waals surface area (Å²) in [6.45, 7) is 0.259. The minimum Gasteiger partial charge on any atom is -0.497 e. The van der Waals surface area contributed by atoms with Gasteiger partial charge < -0.3 is 9.15 Å². The molecule has 4 rings (SSSR count). The molecule has 7 heteroatoms. The Bertz CT molecular complexity index is 1060. The van der Waals surface area contributed by atoms with Crippen molar-refractivity contribution < 1.29 is 18.7 Å². The maximum absolute atomic E-state index is 12.7. The number of carbonyl (C=O) groups is 2. The number of furan rings is 1. The maximum Gasteiger partial charge on any atom is 0.260 e. The van der Waals surface area contributed by atoms with Gasteiger partial charge in [-0.3, -0.25) is 14.5 Å². The number of rotatable bonds is 3. The Balaban J connectivity index is 1.58. The number of fused-ring (bicyclic) bond motifs is 1. The van der Waals surface area contributed by atoms with Crippen molar-refractivity contribution in [1.82, 2.24) is 4.90 Å². The van der Waals surface area contributed by atoms with Gasteiger partial charge in [0.15, 0.2) is 0 Å². The summed E-state index contributed by atoms with van der Waals surface area (Å²) in [5.41, 5.74) is 1.04. The van der Waals surface area contributed by atoms with Gasteiger partial charge >= 0.3 is 0 Å². The maximum atomic E-state index is 12.7. The summed E-state index contributed by atoms with van der Waals surface area (Å²) in [5, 5.41) is 1.53. The van der Waals surface area contributed by atoms with Crippen LogP contribution in [0.5, 0.6) is 5.75 Å². The zero-order chi connectivity index (χ0) is 19.1. The molecule has 2 heterocycles. The first-order valence-corrected chi connectivity index (χ1v) is 9.09. The first-order valence-electron chi connectivity index (χ1n) is 8.33. The summed E-state index contributed by atoms with van der Waals surface area (Å²) in [5.74, 6) is 0.584. The van der Waals surface area contributed by atoms with E-state index in [0.717, 1.165) is 11.1 Å². The molecule has 1 aromatic heterocycles. The summed E-state index contributed by atoms with van der Waals surface area (Å²) in [4.78, 5) is 26.4. The van der Waals surface area contributed by atoms with Crippen molar-refractivity contribution in [2.45, 2.75) is 12.3 Å². The standard InChI is InChI=1S/C20H15Cl2NO4/c1-26-14-3-5-17-12(6-14)8-18(27-17)13-9-19(24)23(10-13)20(25)11-2-4-15(21)16(22)7-11/h2-8,13H,9-10H2,1H3. The quantitative estimate of drug-likeness (QED) is 0.583. The van der Waals surface area contributed by atoms with Crippen LogP contribution in [0.2, 0.25) is 10.0 Å². The molecule has 1 aliphatic rings. The van der Waals surface area contributed by atoms with Crippen molar-refractivity contribution in [3.8, 4) is 5.75 Å². The SMILES string of the molecule is COc1ccc2oc(C3CC(=O)N(C(=O)c4ccc(Cl)c(Cl)c4)C3)cc2c1. The number of nitrogens with zero attached hydrogens (tertiary/aromatic N) is 1. The molecule has 1 fully saturated rings. The molecule has 0 saturated carbocycles. The number of imide groups is 1. The van der Waals surface area contributed by atoms with Crippen LogP contribution >= 0.6 is 23.2 Å². The molecule has 138 valence electrons. The van der Waals surface area contributed by atoms with Crippen molar-refractivity contribution in [2.75, 3.05) is 13.7 Å². The first kappa shape index (κ1) is 17.9. The monoisotopic (exact) mass is 403 g/mol. The van der Waals surface area contributed by atoms with Crippen LogP contribution < -0.4 is 4.74 Å². The molecule has 0 bridgehead atoms. The van der Waals surface area contributed by atoms with E-state index in [9.17, 15) is 9.59 Å². The van der Waals surface area contributed by atoms with Crippen LogP contribution in [0.15, 0.2) is 46.9 Å². The van der Waals surface area contributed by atoms with E-state index in [-0.39, 0.29) is 35.7 Å². The Morgan fingerprint density at radius 2 is 1.96 bits per heavy atom. The number of hydrogen-bond acceptors (Lipinski definition) is 4. The third-order valence-electron chi connectivity index (χ3n) is 4.68. The fraction of sp³-hybridized carbons (Fsp3) is 0.200. The highest BCUT2D eigenvalue weighted by Crippen LogP contribution is 2.34. The average Bonchev–Trinajstić information content (AvgIpc) is 3.26. The van der Waals surface area contributed by atoms with E-state index in [4.69, 9.17) is 32.4 Å². The fourth-order valence-corrected chi connectivity index (χ4v) is 3.55. The molecule has 1 unspecified atom stereocenters. The summed E-state index contributed by atoms with van der Waals surface area (Å²) in [7, 11) is 1.60. The van der Waals surface area contributed by atoms with Crippen molar-refractivity contribution in [1.29, 1.82) is 0 Å². The van der Waals surface area contributed by atoms with E-state index in [1.165, 1.54) is 11.0 Å². The van der Waals surface area contributed by atoms with Gasteiger partial charge in [0.25, 0.3) is 5.91 Å². The van der Waals surface area contributed by atoms with E-state index in [0.29, 0.717) is 21.9 Å². The Labute approximate surface area is 165 Å². The number of methoxy groups -OCH3 is 1. The van der Waals surface area contributed by atoms with Gasteiger partial charge in [0, 0.05) is 29.8 Å². The van der Waals surface area contributed by atoms with Crippen molar-refractivity contribution in [2.24, 2.45) is 0 Å². The largest absolute Gasteiger partial charge is 0.497 e. The van der Waals surface area contributed by atoms with Gasteiger partial charge in [0.2, 0.25) is 5.91 Å². The van der Waals surface area contributed by atoms with E-state index < -0.39 is 0 Å². The number of amides is 2. The summed E-state index contributed by atoms with van der Waals surface area (Å²) in [6, 6.07) is 12.0. The lowest BCUT2D eigenvalue weighted by atomic mass is 10.1. The lowest BCUT2D eigenvalue weighted by Crippen LogP contribution is -2.32. The molecule has 0 aliphatic carbocycles. The van der Waals surface area contributed by atoms with Gasteiger partial charge in [-0.25, -0.2) is 0 Å². The molecular formula is C20H15Cl2NO4. The van der Waals surface area contributed by atoms with Gasteiger partial charge in [-0.05, 0) is 42.5 Å². The second kappa shape index (κ2) is 6.91. The first-order chi connectivity index (χ1) is 13.0. The molecular weight excluding hydrogens is 389 g/mol. The topological polar surface area (TPSA) is 59.8 Å². The summed E-state index contributed by atoms with van der Waals surface area (Å²) < 4.78 is 11.1. The van der Waals surface area contributed by atoms with Crippen LogP contribution in [0, 0.1) is 0 Å². The van der Waals surface area contributed by atoms with Gasteiger partial charge in [-0.2, -0.15) is 0 Å².